The van der Waals surface area contributed by atoms with E-state index in [0.29, 0.717) is 12.0 Å². The fourth-order valence-corrected chi connectivity index (χ4v) is 1.84. The molecule has 1 aromatic carbocycles. The molecule has 0 aliphatic carbocycles. The van der Waals surface area contributed by atoms with Crippen LogP contribution >= 0.6 is 0 Å². The number of carbonyl (C=O) groups is 1. The minimum Gasteiger partial charge on any atom is -0.424 e. The van der Waals surface area contributed by atoms with E-state index in [9.17, 15) is 9.18 Å². The van der Waals surface area contributed by atoms with Crippen LogP contribution in [0.3, 0.4) is 0 Å². The minimum atomic E-state index is -0.717. The molecule has 1 aliphatic heterocycles. The highest BCUT2D eigenvalue weighted by molar-refractivity contribution is 5.64. The summed E-state index contributed by atoms with van der Waals surface area (Å²) in [6.45, 7) is 3.68. The molecule has 4 heteroatoms. The van der Waals surface area contributed by atoms with E-state index in [4.69, 9.17) is 9.47 Å². The van der Waals surface area contributed by atoms with Gasteiger partial charge in [-0.15, -0.1) is 0 Å². The number of carbonyl (C=O) groups excluding carboxylic acids is 1. The molecule has 0 aromatic heterocycles. The van der Waals surface area contributed by atoms with Crippen LogP contribution in [0.2, 0.25) is 0 Å². The third-order valence-corrected chi connectivity index (χ3v) is 2.94. The quantitative estimate of drug-likeness (QED) is 0.723. The largest absolute Gasteiger partial charge is 0.509 e. The normalized spacial score (nSPS) is 28.7. The van der Waals surface area contributed by atoms with Crippen molar-refractivity contribution in [3.63, 3.8) is 0 Å². The zero-order valence-electron chi connectivity index (χ0n) is 9.20. The predicted octanol–water partition coefficient (Wildman–Crippen LogP) is 3.20. The van der Waals surface area contributed by atoms with Crippen LogP contribution in [0.4, 0.5) is 9.18 Å². The highest BCUT2D eigenvalue weighted by Gasteiger charge is 2.47. The minimum absolute atomic E-state index is 0.348. The van der Waals surface area contributed by atoms with E-state index in [0.717, 1.165) is 0 Å². The van der Waals surface area contributed by atoms with Gasteiger partial charge in [-0.05, 0) is 31.0 Å². The Bertz CT molecular complexity index is 418. The number of ether oxygens (including phenoxy) is 2. The molecule has 3 nitrogen and oxygen atoms in total. The van der Waals surface area contributed by atoms with Gasteiger partial charge in [0.05, 0.1) is 0 Å². The first-order chi connectivity index (χ1) is 7.55. The Morgan fingerprint density at radius 2 is 2.25 bits per heavy atom. The van der Waals surface area contributed by atoms with Gasteiger partial charge in [0.2, 0.25) is 0 Å². The van der Waals surface area contributed by atoms with Crippen molar-refractivity contribution in [2.45, 2.75) is 32.0 Å². The molecule has 0 N–H and O–H groups in total. The predicted molar refractivity (Wildman–Crippen MR) is 55.4 cm³/mol. The van der Waals surface area contributed by atoms with Crippen LogP contribution in [0.15, 0.2) is 24.3 Å². The van der Waals surface area contributed by atoms with Crippen molar-refractivity contribution in [1.82, 2.24) is 0 Å². The SMILES string of the molecule is CCC1(C)OC(=O)OC1c1cccc(F)c1. The van der Waals surface area contributed by atoms with Gasteiger partial charge in [0.15, 0.2) is 11.7 Å². The molecule has 0 amide bonds. The van der Waals surface area contributed by atoms with Gasteiger partial charge in [-0.25, -0.2) is 9.18 Å². The first kappa shape index (κ1) is 10.9. The summed E-state index contributed by atoms with van der Waals surface area (Å²) in [5.41, 5.74) is -0.0968. The molecule has 1 aliphatic rings. The molecule has 1 fully saturated rings. The summed E-state index contributed by atoms with van der Waals surface area (Å²) >= 11 is 0. The van der Waals surface area contributed by atoms with Crippen LogP contribution in [-0.2, 0) is 9.47 Å². The summed E-state index contributed by atoms with van der Waals surface area (Å²) in [5, 5.41) is 0. The topological polar surface area (TPSA) is 35.5 Å². The van der Waals surface area contributed by atoms with Crippen molar-refractivity contribution in [1.29, 1.82) is 0 Å². The lowest BCUT2D eigenvalue weighted by Crippen LogP contribution is -2.29. The van der Waals surface area contributed by atoms with Gasteiger partial charge < -0.3 is 9.47 Å². The van der Waals surface area contributed by atoms with Gasteiger partial charge in [0.1, 0.15) is 5.82 Å². The first-order valence-corrected chi connectivity index (χ1v) is 5.20. The van der Waals surface area contributed by atoms with Crippen molar-refractivity contribution < 1.29 is 18.7 Å². The lowest BCUT2D eigenvalue weighted by molar-refractivity contribution is 0.0420. The maximum absolute atomic E-state index is 13.1. The van der Waals surface area contributed by atoms with Crippen molar-refractivity contribution in [3.8, 4) is 0 Å². The molecule has 1 aromatic rings. The Morgan fingerprint density at radius 3 is 2.88 bits per heavy atom. The Balaban J connectivity index is 2.36. The van der Waals surface area contributed by atoms with E-state index in [-0.39, 0.29) is 5.82 Å². The van der Waals surface area contributed by atoms with Gasteiger partial charge in [0, 0.05) is 0 Å². The molecule has 0 bridgehead atoms. The fourth-order valence-electron chi connectivity index (χ4n) is 1.84. The van der Waals surface area contributed by atoms with Crippen LogP contribution in [0, 0.1) is 5.82 Å². The van der Waals surface area contributed by atoms with E-state index in [2.05, 4.69) is 0 Å². The van der Waals surface area contributed by atoms with Gasteiger partial charge >= 0.3 is 6.16 Å². The number of rotatable bonds is 2. The highest BCUT2D eigenvalue weighted by Crippen LogP contribution is 2.40. The highest BCUT2D eigenvalue weighted by atomic mass is 19.1. The van der Waals surface area contributed by atoms with Crippen molar-refractivity contribution in [3.05, 3.63) is 35.6 Å². The Hall–Kier alpha value is -1.58. The summed E-state index contributed by atoms with van der Waals surface area (Å²) in [6.07, 6.45) is -0.626. The van der Waals surface area contributed by atoms with E-state index >= 15 is 0 Å². The summed E-state index contributed by atoms with van der Waals surface area (Å²) < 4.78 is 23.3. The second-order valence-electron chi connectivity index (χ2n) is 4.07. The standard InChI is InChI=1S/C12H13FO3/c1-3-12(2)10(15-11(14)16-12)8-5-4-6-9(13)7-8/h4-7,10H,3H2,1-2H3. The van der Waals surface area contributed by atoms with E-state index < -0.39 is 17.9 Å². The monoisotopic (exact) mass is 224 g/mol. The summed E-state index contributed by atoms with van der Waals surface area (Å²) in [4.78, 5) is 11.1. The third kappa shape index (κ3) is 1.75. The van der Waals surface area contributed by atoms with E-state index in [1.807, 2.05) is 6.92 Å². The second kappa shape index (κ2) is 3.77. The van der Waals surface area contributed by atoms with E-state index in [1.165, 1.54) is 12.1 Å². The lowest BCUT2D eigenvalue weighted by atomic mass is 9.91. The molecular formula is C12H13FO3. The Kier molecular flexibility index (Phi) is 2.58. The zero-order valence-corrected chi connectivity index (χ0v) is 9.20. The summed E-state index contributed by atoms with van der Waals surface area (Å²) in [7, 11) is 0. The molecule has 1 saturated heterocycles. The fraction of sp³-hybridized carbons (Fsp3) is 0.417. The van der Waals surface area contributed by atoms with Crippen molar-refractivity contribution in [2.75, 3.05) is 0 Å². The molecule has 86 valence electrons. The average Bonchev–Trinajstić information content (AvgIpc) is 2.55. The average molecular weight is 224 g/mol. The van der Waals surface area contributed by atoms with Crippen LogP contribution in [-0.4, -0.2) is 11.8 Å². The zero-order chi connectivity index (χ0) is 11.8. The maximum Gasteiger partial charge on any atom is 0.509 e. The lowest BCUT2D eigenvalue weighted by Gasteiger charge is -2.25. The molecule has 1 heterocycles. The smallest absolute Gasteiger partial charge is 0.424 e. The van der Waals surface area contributed by atoms with Crippen LogP contribution in [0.5, 0.6) is 0 Å². The number of benzene rings is 1. The van der Waals surface area contributed by atoms with Crippen molar-refractivity contribution >= 4 is 6.16 Å². The molecule has 0 saturated carbocycles. The van der Waals surface area contributed by atoms with Crippen LogP contribution < -0.4 is 0 Å². The van der Waals surface area contributed by atoms with Gasteiger partial charge in [-0.2, -0.15) is 0 Å². The Morgan fingerprint density at radius 1 is 1.50 bits per heavy atom. The third-order valence-electron chi connectivity index (χ3n) is 2.94. The van der Waals surface area contributed by atoms with Gasteiger partial charge in [-0.1, -0.05) is 19.1 Å². The molecule has 0 radical (unpaired) electrons. The van der Waals surface area contributed by atoms with E-state index in [1.54, 1.807) is 19.1 Å². The van der Waals surface area contributed by atoms with Crippen molar-refractivity contribution in [2.24, 2.45) is 0 Å². The molecular weight excluding hydrogens is 211 g/mol. The summed E-state index contributed by atoms with van der Waals surface area (Å²) in [5.74, 6) is -0.348. The van der Waals surface area contributed by atoms with Crippen LogP contribution in [0.25, 0.3) is 0 Å². The Labute approximate surface area is 93.2 Å². The summed E-state index contributed by atoms with van der Waals surface area (Å²) in [6, 6.07) is 6.03. The molecule has 0 spiro atoms. The molecule has 2 atom stereocenters. The van der Waals surface area contributed by atoms with Crippen LogP contribution in [0.1, 0.15) is 31.9 Å². The number of hydrogen-bond donors (Lipinski definition) is 0. The number of cyclic esters (lactones) is 2. The first-order valence-electron chi connectivity index (χ1n) is 5.20. The molecule has 2 unspecified atom stereocenters. The molecule has 16 heavy (non-hydrogen) atoms. The van der Waals surface area contributed by atoms with Gasteiger partial charge in [-0.3, -0.25) is 0 Å². The molecule has 2 rings (SSSR count). The van der Waals surface area contributed by atoms with Gasteiger partial charge in [0.25, 0.3) is 0 Å². The number of halogens is 1. The number of hydrogen-bond acceptors (Lipinski definition) is 3. The maximum atomic E-state index is 13.1. The second-order valence-corrected chi connectivity index (χ2v) is 4.07.